The van der Waals surface area contributed by atoms with Gasteiger partial charge in [-0.3, -0.25) is 9.59 Å². The molecule has 122 valence electrons. The maximum Gasteiger partial charge on any atom is 0.341 e. The minimum Gasteiger partial charge on any atom is -0.456 e. The summed E-state index contributed by atoms with van der Waals surface area (Å²) in [6.07, 6.45) is 2.05. The van der Waals surface area contributed by atoms with Gasteiger partial charge in [-0.05, 0) is 34.1 Å². The molecule has 1 aromatic carbocycles. The van der Waals surface area contributed by atoms with Gasteiger partial charge in [0.05, 0.1) is 11.0 Å². The summed E-state index contributed by atoms with van der Waals surface area (Å²) in [5, 5.41) is 0. The van der Waals surface area contributed by atoms with Crippen molar-refractivity contribution in [2.45, 2.75) is 46.1 Å². The molecule has 0 saturated carbocycles. The van der Waals surface area contributed by atoms with Crippen molar-refractivity contribution < 1.29 is 19.1 Å². The van der Waals surface area contributed by atoms with Gasteiger partial charge in [0, 0.05) is 12.0 Å². The summed E-state index contributed by atoms with van der Waals surface area (Å²) in [6.45, 7) is 6.99. The molecule has 2 rings (SSSR count). The molecule has 0 unspecified atom stereocenters. The highest BCUT2D eigenvalue weighted by Crippen LogP contribution is 2.36. The van der Waals surface area contributed by atoms with Crippen molar-refractivity contribution in [3.63, 3.8) is 0 Å². The number of Topliss-reactive ketones (excluding diaryl/α,β-unsaturated/α-hetero) is 2. The fourth-order valence-corrected chi connectivity index (χ4v) is 2.58. The molecular weight excluding hydrogens is 292 g/mol. The average Bonchev–Trinajstić information content (AvgIpc) is 2.48. The van der Waals surface area contributed by atoms with Gasteiger partial charge in [-0.15, -0.1) is 0 Å². The molecule has 0 N–H and O–H groups in total. The second kappa shape index (κ2) is 6.11. The molecule has 0 amide bonds. The van der Waals surface area contributed by atoms with E-state index in [2.05, 4.69) is 0 Å². The van der Waals surface area contributed by atoms with Crippen LogP contribution in [0.15, 0.2) is 42.0 Å². The lowest BCUT2D eigenvalue weighted by Gasteiger charge is -2.30. The number of benzene rings is 1. The first-order valence-corrected chi connectivity index (χ1v) is 7.72. The minimum absolute atomic E-state index is 0.0158. The molecule has 4 nitrogen and oxygen atoms in total. The van der Waals surface area contributed by atoms with Crippen LogP contribution >= 0.6 is 0 Å². The lowest BCUT2D eigenvalue weighted by molar-refractivity contribution is -0.151. The van der Waals surface area contributed by atoms with Crippen LogP contribution in [0.4, 0.5) is 0 Å². The van der Waals surface area contributed by atoms with Gasteiger partial charge in [0.1, 0.15) is 5.60 Å². The van der Waals surface area contributed by atoms with Crippen molar-refractivity contribution in [2.24, 2.45) is 5.41 Å². The molecule has 0 fully saturated rings. The summed E-state index contributed by atoms with van der Waals surface area (Å²) in [5.74, 6) is -1.02. The number of hydrogen-bond donors (Lipinski definition) is 0. The van der Waals surface area contributed by atoms with E-state index in [0.29, 0.717) is 12.0 Å². The normalized spacial score (nSPS) is 21.6. The van der Waals surface area contributed by atoms with E-state index in [0.717, 1.165) is 0 Å². The monoisotopic (exact) mass is 314 g/mol. The first-order valence-electron chi connectivity index (χ1n) is 7.72. The maximum atomic E-state index is 12.8. The van der Waals surface area contributed by atoms with Crippen LogP contribution in [0, 0.1) is 5.41 Å². The molecule has 0 spiro atoms. The fraction of sp³-hybridized carbons (Fsp3) is 0.421. The molecular formula is C19H22O4. The molecule has 0 saturated heterocycles. The number of ether oxygens (including phenoxy) is 1. The summed E-state index contributed by atoms with van der Waals surface area (Å²) >= 11 is 0. The van der Waals surface area contributed by atoms with E-state index in [9.17, 15) is 14.4 Å². The lowest BCUT2D eigenvalue weighted by atomic mass is 9.72. The summed E-state index contributed by atoms with van der Waals surface area (Å²) in [4.78, 5) is 37.1. The Kier molecular flexibility index (Phi) is 4.55. The standard InChI is InChI=1S/C19H22O4/c1-18(2,3)23-17(22)14-12-19(4,11-10-15(14)20)16(21)13-8-6-5-7-9-13/h5-9,12H,10-11H2,1-4H3/t19-/m1/s1. The molecule has 1 aromatic rings. The Hall–Kier alpha value is -2.23. The summed E-state index contributed by atoms with van der Waals surface area (Å²) in [5.41, 5.74) is -1.00. The lowest BCUT2D eigenvalue weighted by Crippen LogP contribution is -2.35. The number of esters is 1. The smallest absolute Gasteiger partial charge is 0.341 e. The largest absolute Gasteiger partial charge is 0.456 e. The predicted octanol–water partition coefficient (Wildman–Crippen LogP) is 3.51. The summed E-state index contributed by atoms with van der Waals surface area (Å²) in [6, 6.07) is 8.91. The van der Waals surface area contributed by atoms with Crippen LogP contribution in [0.3, 0.4) is 0 Å². The molecule has 1 aliphatic carbocycles. The van der Waals surface area contributed by atoms with E-state index in [1.807, 2.05) is 6.07 Å². The third kappa shape index (κ3) is 3.95. The number of hydrogen-bond acceptors (Lipinski definition) is 4. The van der Waals surface area contributed by atoms with Gasteiger partial charge < -0.3 is 4.74 Å². The van der Waals surface area contributed by atoms with Gasteiger partial charge in [0.25, 0.3) is 0 Å². The zero-order valence-electron chi connectivity index (χ0n) is 14.0. The van der Waals surface area contributed by atoms with Crippen molar-refractivity contribution in [1.82, 2.24) is 0 Å². The number of carbonyl (C=O) groups excluding carboxylic acids is 3. The fourth-order valence-electron chi connectivity index (χ4n) is 2.58. The molecule has 0 aliphatic heterocycles. The number of rotatable bonds is 3. The van der Waals surface area contributed by atoms with Crippen LogP contribution in [0.5, 0.6) is 0 Å². The topological polar surface area (TPSA) is 60.4 Å². The Morgan fingerprint density at radius 3 is 2.30 bits per heavy atom. The predicted molar refractivity (Wildman–Crippen MR) is 87.0 cm³/mol. The van der Waals surface area contributed by atoms with Gasteiger partial charge in [-0.25, -0.2) is 4.79 Å². The highest BCUT2D eigenvalue weighted by atomic mass is 16.6. The first-order chi connectivity index (χ1) is 10.6. The molecule has 23 heavy (non-hydrogen) atoms. The molecule has 0 bridgehead atoms. The Morgan fingerprint density at radius 2 is 1.74 bits per heavy atom. The zero-order valence-corrected chi connectivity index (χ0v) is 14.0. The Balaban J connectivity index is 2.34. The van der Waals surface area contributed by atoms with Gasteiger partial charge in [0.15, 0.2) is 11.6 Å². The van der Waals surface area contributed by atoms with Crippen LogP contribution in [0.1, 0.15) is 50.9 Å². The van der Waals surface area contributed by atoms with Crippen molar-refractivity contribution in [2.75, 3.05) is 0 Å². The van der Waals surface area contributed by atoms with E-state index in [1.165, 1.54) is 6.08 Å². The Bertz CT molecular complexity index is 664. The molecule has 4 heteroatoms. The van der Waals surface area contributed by atoms with Crippen molar-refractivity contribution in [3.05, 3.63) is 47.5 Å². The van der Waals surface area contributed by atoms with Crippen molar-refractivity contribution >= 4 is 17.5 Å². The third-order valence-electron chi connectivity index (χ3n) is 3.81. The van der Waals surface area contributed by atoms with Crippen LogP contribution < -0.4 is 0 Å². The number of carbonyl (C=O) groups is 3. The minimum atomic E-state index is -0.874. The van der Waals surface area contributed by atoms with Crippen LogP contribution in [0.2, 0.25) is 0 Å². The average molecular weight is 314 g/mol. The highest BCUT2D eigenvalue weighted by molar-refractivity contribution is 6.19. The molecule has 1 atom stereocenters. The van der Waals surface area contributed by atoms with Gasteiger partial charge in [-0.1, -0.05) is 36.4 Å². The van der Waals surface area contributed by atoms with Gasteiger partial charge >= 0.3 is 5.97 Å². The second-order valence-corrected chi connectivity index (χ2v) is 7.10. The van der Waals surface area contributed by atoms with E-state index in [4.69, 9.17) is 4.74 Å². The van der Waals surface area contributed by atoms with Gasteiger partial charge in [0.2, 0.25) is 0 Å². The van der Waals surface area contributed by atoms with E-state index in [-0.39, 0.29) is 23.6 Å². The molecule has 0 heterocycles. The molecule has 0 aromatic heterocycles. The zero-order chi connectivity index (χ0) is 17.3. The van der Waals surface area contributed by atoms with Crippen molar-refractivity contribution in [1.29, 1.82) is 0 Å². The van der Waals surface area contributed by atoms with Crippen LogP contribution in [0.25, 0.3) is 0 Å². The molecule has 1 aliphatic rings. The number of ketones is 2. The highest BCUT2D eigenvalue weighted by Gasteiger charge is 2.39. The van der Waals surface area contributed by atoms with E-state index in [1.54, 1.807) is 52.0 Å². The Labute approximate surface area is 136 Å². The summed E-state index contributed by atoms with van der Waals surface area (Å²) < 4.78 is 5.29. The van der Waals surface area contributed by atoms with Crippen LogP contribution in [-0.2, 0) is 14.3 Å². The summed E-state index contributed by atoms with van der Waals surface area (Å²) in [7, 11) is 0. The third-order valence-corrected chi connectivity index (χ3v) is 3.81. The molecule has 0 radical (unpaired) electrons. The van der Waals surface area contributed by atoms with E-state index >= 15 is 0 Å². The van der Waals surface area contributed by atoms with Gasteiger partial charge in [-0.2, -0.15) is 0 Å². The van der Waals surface area contributed by atoms with Crippen LogP contribution in [-0.4, -0.2) is 23.1 Å². The Morgan fingerprint density at radius 1 is 1.13 bits per heavy atom. The number of allylic oxidation sites excluding steroid dienone is 1. The maximum absolute atomic E-state index is 12.8. The first kappa shape index (κ1) is 17.1. The quantitative estimate of drug-likeness (QED) is 0.486. The van der Waals surface area contributed by atoms with E-state index < -0.39 is 17.0 Å². The SMILES string of the molecule is CC(C)(C)OC(=O)C1=C[C@](C)(C(=O)c2ccccc2)CCC1=O. The second-order valence-electron chi connectivity index (χ2n) is 7.10. The van der Waals surface area contributed by atoms with Crippen molar-refractivity contribution in [3.8, 4) is 0 Å².